The lowest BCUT2D eigenvalue weighted by atomic mass is 9.92. The second kappa shape index (κ2) is 4.89. The monoisotopic (exact) mass is 244 g/mol. The standard InChI is InChI=1S/C15H20N2O/c1-11(2)15(6-7-15)10-17-14-8-13(18-3)5-4-12(14)9-16/h4-5,8,11,17H,6-7,10H2,1-3H3. The van der Waals surface area contributed by atoms with E-state index in [0.29, 0.717) is 16.9 Å². The van der Waals surface area contributed by atoms with E-state index in [2.05, 4.69) is 25.2 Å². The molecule has 0 atom stereocenters. The van der Waals surface area contributed by atoms with Gasteiger partial charge in [-0.1, -0.05) is 13.8 Å². The molecule has 0 spiro atoms. The van der Waals surface area contributed by atoms with Crippen LogP contribution >= 0.6 is 0 Å². The average molecular weight is 244 g/mol. The predicted octanol–water partition coefficient (Wildman–Crippen LogP) is 3.41. The lowest BCUT2D eigenvalue weighted by Crippen LogP contribution is -2.21. The van der Waals surface area contributed by atoms with Crippen molar-refractivity contribution in [2.45, 2.75) is 26.7 Å². The van der Waals surface area contributed by atoms with Crippen molar-refractivity contribution in [3.05, 3.63) is 23.8 Å². The average Bonchev–Trinajstić information content (AvgIpc) is 3.17. The second-order valence-electron chi connectivity index (χ2n) is 5.39. The summed E-state index contributed by atoms with van der Waals surface area (Å²) in [4.78, 5) is 0. The van der Waals surface area contributed by atoms with Crippen LogP contribution in [0.1, 0.15) is 32.3 Å². The minimum Gasteiger partial charge on any atom is -0.497 e. The molecule has 1 aromatic rings. The smallest absolute Gasteiger partial charge is 0.121 e. The fourth-order valence-electron chi connectivity index (χ4n) is 2.28. The molecule has 0 aliphatic heterocycles. The van der Waals surface area contributed by atoms with E-state index in [1.807, 2.05) is 12.1 Å². The van der Waals surface area contributed by atoms with Crippen LogP contribution in [-0.4, -0.2) is 13.7 Å². The molecule has 3 nitrogen and oxygen atoms in total. The first-order valence-electron chi connectivity index (χ1n) is 6.43. The topological polar surface area (TPSA) is 45.0 Å². The molecule has 1 aliphatic carbocycles. The summed E-state index contributed by atoms with van der Waals surface area (Å²) in [7, 11) is 1.64. The van der Waals surface area contributed by atoms with Gasteiger partial charge in [-0.3, -0.25) is 0 Å². The largest absolute Gasteiger partial charge is 0.497 e. The van der Waals surface area contributed by atoms with Crippen LogP contribution in [0.3, 0.4) is 0 Å². The number of benzene rings is 1. The molecule has 0 amide bonds. The first kappa shape index (κ1) is 12.8. The highest BCUT2D eigenvalue weighted by molar-refractivity contribution is 5.60. The number of nitrogens with one attached hydrogen (secondary N) is 1. The molecule has 0 radical (unpaired) electrons. The molecule has 18 heavy (non-hydrogen) atoms. The van der Waals surface area contributed by atoms with Gasteiger partial charge in [0.1, 0.15) is 11.8 Å². The molecule has 0 bridgehead atoms. The number of methoxy groups -OCH3 is 1. The Morgan fingerprint density at radius 2 is 2.17 bits per heavy atom. The summed E-state index contributed by atoms with van der Waals surface area (Å²) in [6.45, 7) is 5.48. The van der Waals surface area contributed by atoms with Gasteiger partial charge >= 0.3 is 0 Å². The number of hydrogen-bond donors (Lipinski definition) is 1. The van der Waals surface area contributed by atoms with Crippen molar-refractivity contribution in [3.8, 4) is 11.8 Å². The molecule has 1 aliphatic rings. The molecular formula is C15H20N2O. The lowest BCUT2D eigenvalue weighted by Gasteiger charge is -2.21. The summed E-state index contributed by atoms with van der Waals surface area (Å²) < 4.78 is 5.20. The number of hydrogen-bond acceptors (Lipinski definition) is 3. The second-order valence-corrected chi connectivity index (χ2v) is 5.39. The molecule has 2 rings (SSSR count). The zero-order chi connectivity index (χ0) is 13.2. The normalized spacial score (nSPS) is 16.2. The zero-order valence-electron chi connectivity index (χ0n) is 11.3. The van der Waals surface area contributed by atoms with Crippen LogP contribution in [-0.2, 0) is 0 Å². The summed E-state index contributed by atoms with van der Waals surface area (Å²) in [6, 6.07) is 7.73. The lowest BCUT2D eigenvalue weighted by molar-refractivity contribution is 0.380. The highest BCUT2D eigenvalue weighted by Crippen LogP contribution is 2.51. The first-order valence-corrected chi connectivity index (χ1v) is 6.43. The highest BCUT2D eigenvalue weighted by Gasteiger charge is 2.44. The predicted molar refractivity (Wildman–Crippen MR) is 72.7 cm³/mol. The molecule has 0 heterocycles. The van der Waals surface area contributed by atoms with Gasteiger partial charge in [0.05, 0.1) is 18.4 Å². The summed E-state index contributed by atoms with van der Waals surface area (Å²) in [5.74, 6) is 1.46. The Labute approximate surface area is 109 Å². The Kier molecular flexibility index (Phi) is 3.47. The Morgan fingerprint density at radius 3 is 2.67 bits per heavy atom. The van der Waals surface area contributed by atoms with E-state index >= 15 is 0 Å². The quantitative estimate of drug-likeness (QED) is 0.863. The Morgan fingerprint density at radius 1 is 1.44 bits per heavy atom. The van der Waals surface area contributed by atoms with Gasteiger partial charge in [0.2, 0.25) is 0 Å². The van der Waals surface area contributed by atoms with Crippen molar-refractivity contribution < 1.29 is 4.74 Å². The third kappa shape index (κ3) is 2.43. The molecule has 0 saturated heterocycles. The maximum absolute atomic E-state index is 9.11. The Balaban J connectivity index is 2.11. The number of nitriles is 1. The third-order valence-electron chi connectivity index (χ3n) is 4.10. The van der Waals surface area contributed by atoms with E-state index < -0.39 is 0 Å². The number of nitrogens with zero attached hydrogens (tertiary/aromatic N) is 1. The Hall–Kier alpha value is -1.69. The van der Waals surface area contributed by atoms with E-state index in [1.165, 1.54) is 12.8 Å². The summed E-state index contributed by atoms with van der Waals surface area (Å²) >= 11 is 0. The van der Waals surface area contributed by atoms with Crippen LogP contribution in [0.4, 0.5) is 5.69 Å². The molecule has 1 fully saturated rings. The molecule has 0 unspecified atom stereocenters. The van der Waals surface area contributed by atoms with Crippen molar-refractivity contribution >= 4 is 5.69 Å². The summed E-state index contributed by atoms with van der Waals surface area (Å²) in [6.07, 6.45) is 2.56. The van der Waals surface area contributed by atoms with Gasteiger partial charge in [-0.15, -0.1) is 0 Å². The SMILES string of the molecule is COc1ccc(C#N)c(NCC2(C(C)C)CC2)c1. The van der Waals surface area contributed by atoms with Crippen LogP contribution < -0.4 is 10.1 Å². The molecule has 0 aromatic heterocycles. The van der Waals surface area contributed by atoms with Crippen molar-refractivity contribution in [2.75, 3.05) is 19.0 Å². The van der Waals surface area contributed by atoms with Gasteiger partial charge in [-0.2, -0.15) is 5.26 Å². The van der Waals surface area contributed by atoms with Gasteiger partial charge in [-0.25, -0.2) is 0 Å². The minimum absolute atomic E-state index is 0.426. The van der Waals surface area contributed by atoms with Crippen LogP contribution in [0.25, 0.3) is 0 Å². The summed E-state index contributed by atoms with van der Waals surface area (Å²) in [5.41, 5.74) is 1.98. The van der Waals surface area contributed by atoms with Crippen LogP contribution in [0, 0.1) is 22.7 Å². The fraction of sp³-hybridized carbons (Fsp3) is 0.533. The van der Waals surface area contributed by atoms with E-state index in [0.717, 1.165) is 18.0 Å². The van der Waals surface area contributed by atoms with Crippen LogP contribution in [0.15, 0.2) is 18.2 Å². The maximum atomic E-state index is 9.11. The van der Waals surface area contributed by atoms with Gasteiger partial charge in [0, 0.05) is 12.6 Å². The number of ether oxygens (including phenoxy) is 1. The molecular weight excluding hydrogens is 224 g/mol. The van der Waals surface area contributed by atoms with Gasteiger partial charge in [-0.05, 0) is 36.3 Å². The first-order chi connectivity index (χ1) is 8.61. The fourth-order valence-corrected chi connectivity index (χ4v) is 2.28. The maximum Gasteiger partial charge on any atom is 0.121 e. The van der Waals surface area contributed by atoms with Crippen molar-refractivity contribution in [1.82, 2.24) is 0 Å². The van der Waals surface area contributed by atoms with Crippen LogP contribution in [0.2, 0.25) is 0 Å². The van der Waals surface area contributed by atoms with E-state index in [4.69, 9.17) is 10.00 Å². The molecule has 3 heteroatoms. The zero-order valence-corrected chi connectivity index (χ0v) is 11.3. The van der Waals surface area contributed by atoms with Gasteiger partial charge in [0.25, 0.3) is 0 Å². The summed E-state index contributed by atoms with van der Waals surface area (Å²) in [5, 5.41) is 12.5. The number of anilines is 1. The van der Waals surface area contributed by atoms with Crippen molar-refractivity contribution in [3.63, 3.8) is 0 Å². The highest BCUT2D eigenvalue weighted by atomic mass is 16.5. The Bertz CT molecular complexity index is 470. The molecule has 96 valence electrons. The van der Waals surface area contributed by atoms with Crippen molar-refractivity contribution in [1.29, 1.82) is 5.26 Å². The number of rotatable bonds is 5. The van der Waals surface area contributed by atoms with Gasteiger partial charge in [0.15, 0.2) is 0 Å². The molecule has 1 saturated carbocycles. The van der Waals surface area contributed by atoms with Crippen molar-refractivity contribution in [2.24, 2.45) is 11.3 Å². The van der Waals surface area contributed by atoms with E-state index in [9.17, 15) is 0 Å². The van der Waals surface area contributed by atoms with Crippen LogP contribution in [0.5, 0.6) is 5.75 Å². The van der Waals surface area contributed by atoms with E-state index in [-0.39, 0.29) is 0 Å². The minimum atomic E-state index is 0.426. The van der Waals surface area contributed by atoms with Gasteiger partial charge < -0.3 is 10.1 Å². The molecule has 1 N–H and O–H groups in total. The molecule has 1 aromatic carbocycles. The third-order valence-corrected chi connectivity index (χ3v) is 4.10. The van der Waals surface area contributed by atoms with E-state index in [1.54, 1.807) is 13.2 Å².